The quantitative estimate of drug-likeness (QED) is 0.793. The van der Waals surface area contributed by atoms with E-state index < -0.39 is 0 Å². The fraction of sp³-hybridized carbons (Fsp3) is 0.455. The zero-order valence-corrected chi connectivity index (χ0v) is 9.69. The van der Waals surface area contributed by atoms with Gasteiger partial charge in [-0.2, -0.15) is 0 Å². The third-order valence-electron chi connectivity index (χ3n) is 2.31. The lowest BCUT2D eigenvalue weighted by Gasteiger charge is -2.16. The highest BCUT2D eigenvalue weighted by Gasteiger charge is 2.10. The summed E-state index contributed by atoms with van der Waals surface area (Å²) in [6.45, 7) is 6.13. The van der Waals surface area contributed by atoms with Crippen molar-refractivity contribution in [2.45, 2.75) is 26.8 Å². The molecule has 0 amide bonds. The summed E-state index contributed by atoms with van der Waals surface area (Å²) in [5.41, 5.74) is 10.4. The maximum atomic E-state index is 8.98. The second-order valence-corrected chi connectivity index (χ2v) is 3.60. The first-order valence-corrected chi connectivity index (χ1v) is 4.50. The number of aliphatic hydroxyl groups excluding tert-OH is 1. The second kappa shape index (κ2) is 5.35. The molecule has 2 nitrogen and oxygen atoms in total. The molecule has 14 heavy (non-hydrogen) atoms. The Balaban J connectivity index is 0.00000169. The molecule has 0 aliphatic rings. The number of nitrogens with two attached hydrogens (primary N) is 1. The van der Waals surface area contributed by atoms with E-state index >= 15 is 0 Å². The highest BCUT2D eigenvalue weighted by Crippen LogP contribution is 2.21. The van der Waals surface area contributed by atoms with Crippen molar-refractivity contribution in [3.63, 3.8) is 0 Å². The Bertz CT molecular complexity index is 289. The summed E-state index contributed by atoms with van der Waals surface area (Å²) in [6, 6.07) is 3.94. The Kier molecular flexibility index (Phi) is 5.13. The zero-order chi connectivity index (χ0) is 10.0. The number of hydrogen-bond acceptors (Lipinski definition) is 2. The van der Waals surface area contributed by atoms with Crippen LogP contribution in [0.1, 0.15) is 28.3 Å². The van der Waals surface area contributed by atoms with Crippen LogP contribution in [0.2, 0.25) is 0 Å². The molecule has 0 bridgehead atoms. The number of hydrogen-bond donors (Lipinski definition) is 2. The van der Waals surface area contributed by atoms with Gasteiger partial charge in [0.05, 0.1) is 12.6 Å². The van der Waals surface area contributed by atoms with Crippen LogP contribution in [0.4, 0.5) is 0 Å². The average Bonchev–Trinajstić information content (AvgIpc) is 2.02. The molecule has 0 aliphatic carbocycles. The van der Waals surface area contributed by atoms with E-state index in [2.05, 4.69) is 19.1 Å². The number of halogens is 1. The molecular weight excluding hydrogens is 198 g/mol. The molecule has 1 aromatic rings. The molecule has 0 radical (unpaired) electrons. The minimum atomic E-state index is -0.249. The Hall–Kier alpha value is -0.570. The van der Waals surface area contributed by atoms with Crippen molar-refractivity contribution in [1.82, 2.24) is 0 Å². The van der Waals surface area contributed by atoms with Gasteiger partial charge >= 0.3 is 0 Å². The van der Waals surface area contributed by atoms with Crippen LogP contribution in [0, 0.1) is 20.8 Å². The van der Waals surface area contributed by atoms with Gasteiger partial charge < -0.3 is 10.8 Å². The molecule has 1 atom stereocenters. The largest absolute Gasteiger partial charge is 0.394 e. The molecule has 0 aliphatic heterocycles. The van der Waals surface area contributed by atoms with Gasteiger partial charge in [-0.3, -0.25) is 0 Å². The molecule has 0 fully saturated rings. The number of aliphatic hydroxyl groups is 1. The molecule has 3 heteroatoms. The van der Waals surface area contributed by atoms with Gasteiger partial charge in [-0.15, -0.1) is 12.4 Å². The number of rotatable bonds is 2. The van der Waals surface area contributed by atoms with Crippen LogP contribution < -0.4 is 5.73 Å². The van der Waals surface area contributed by atoms with Crippen molar-refractivity contribution in [3.05, 3.63) is 34.4 Å². The smallest absolute Gasteiger partial charge is 0.0624 e. The van der Waals surface area contributed by atoms with Gasteiger partial charge in [0, 0.05) is 0 Å². The summed E-state index contributed by atoms with van der Waals surface area (Å²) in [5, 5.41) is 8.98. The molecular formula is C11H18ClNO. The minimum absolute atomic E-state index is 0. The highest BCUT2D eigenvalue weighted by atomic mass is 35.5. The van der Waals surface area contributed by atoms with Gasteiger partial charge in [-0.1, -0.05) is 17.7 Å². The van der Waals surface area contributed by atoms with Crippen LogP contribution in [0.25, 0.3) is 0 Å². The third kappa shape index (κ3) is 2.71. The summed E-state index contributed by atoms with van der Waals surface area (Å²) in [4.78, 5) is 0. The fourth-order valence-electron chi connectivity index (χ4n) is 1.87. The SMILES string of the molecule is Cc1cc(C)c([C@@H](N)CO)c(C)c1.Cl. The van der Waals surface area contributed by atoms with E-state index in [1.807, 2.05) is 13.8 Å². The first-order chi connectivity index (χ1) is 6.06. The maximum absolute atomic E-state index is 8.98. The van der Waals surface area contributed by atoms with E-state index in [-0.39, 0.29) is 25.1 Å². The molecule has 1 aromatic carbocycles. The summed E-state index contributed by atoms with van der Waals surface area (Å²) in [5.74, 6) is 0. The lowest BCUT2D eigenvalue weighted by atomic mass is 9.95. The van der Waals surface area contributed by atoms with E-state index in [0.717, 1.165) is 5.56 Å². The molecule has 0 unspecified atom stereocenters. The lowest BCUT2D eigenvalue weighted by Crippen LogP contribution is -2.17. The van der Waals surface area contributed by atoms with Crippen molar-refractivity contribution in [2.24, 2.45) is 5.73 Å². The lowest BCUT2D eigenvalue weighted by molar-refractivity contribution is 0.267. The highest BCUT2D eigenvalue weighted by molar-refractivity contribution is 5.85. The molecule has 80 valence electrons. The van der Waals surface area contributed by atoms with Crippen LogP contribution in [0.3, 0.4) is 0 Å². The van der Waals surface area contributed by atoms with E-state index in [4.69, 9.17) is 10.8 Å². The van der Waals surface area contributed by atoms with Crippen molar-refractivity contribution >= 4 is 12.4 Å². The molecule has 0 spiro atoms. The summed E-state index contributed by atoms with van der Waals surface area (Å²) >= 11 is 0. The van der Waals surface area contributed by atoms with Crippen LogP contribution in [0.15, 0.2) is 12.1 Å². The molecule has 1 rings (SSSR count). The number of benzene rings is 1. The van der Waals surface area contributed by atoms with Crippen LogP contribution in [-0.2, 0) is 0 Å². The maximum Gasteiger partial charge on any atom is 0.0624 e. The monoisotopic (exact) mass is 215 g/mol. The van der Waals surface area contributed by atoms with Crippen molar-refractivity contribution in [1.29, 1.82) is 0 Å². The van der Waals surface area contributed by atoms with E-state index in [0.29, 0.717) is 0 Å². The summed E-state index contributed by atoms with van der Waals surface area (Å²) in [6.07, 6.45) is 0. The van der Waals surface area contributed by atoms with Gasteiger partial charge in [0.25, 0.3) is 0 Å². The Labute approximate surface area is 91.5 Å². The van der Waals surface area contributed by atoms with Gasteiger partial charge in [-0.05, 0) is 37.5 Å². The van der Waals surface area contributed by atoms with E-state index in [9.17, 15) is 0 Å². The first-order valence-electron chi connectivity index (χ1n) is 4.50. The minimum Gasteiger partial charge on any atom is -0.394 e. The average molecular weight is 216 g/mol. The van der Waals surface area contributed by atoms with E-state index in [1.54, 1.807) is 0 Å². The molecule has 0 heterocycles. The third-order valence-corrected chi connectivity index (χ3v) is 2.31. The molecule has 3 N–H and O–H groups in total. The molecule has 0 aromatic heterocycles. The zero-order valence-electron chi connectivity index (χ0n) is 8.87. The summed E-state index contributed by atoms with van der Waals surface area (Å²) < 4.78 is 0. The van der Waals surface area contributed by atoms with Gasteiger partial charge in [0.2, 0.25) is 0 Å². The second-order valence-electron chi connectivity index (χ2n) is 3.60. The molecule has 0 saturated carbocycles. The Morgan fingerprint density at radius 1 is 1.21 bits per heavy atom. The van der Waals surface area contributed by atoms with Gasteiger partial charge in [0.1, 0.15) is 0 Å². The molecule has 0 saturated heterocycles. The predicted molar refractivity (Wildman–Crippen MR) is 61.9 cm³/mol. The van der Waals surface area contributed by atoms with Gasteiger partial charge in [-0.25, -0.2) is 0 Å². The number of aryl methyl sites for hydroxylation is 3. The Morgan fingerprint density at radius 2 is 1.64 bits per heavy atom. The van der Waals surface area contributed by atoms with Crippen LogP contribution in [0.5, 0.6) is 0 Å². The van der Waals surface area contributed by atoms with Crippen molar-refractivity contribution in [2.75, 3.05) is 6.61 Å². The predicted octanol–water partition coefficient (Wildman–Crippen LogP) is 2.03. The standard InChI is InChI=1S/C11H17NO.ClH/c1-7-4-8(2)11(9(3)5-7)10(12)6-13;/h4-5,10,13H,6,12H2,1-3H3;1H/t10-;/m0./s1. The normalized spacial score (nSPS) is 12.1. The van der Waals surface area contributed by atoms with Gasteiger partial charge in [0.15, 0.2) is 0 Å². The van der Waals surface area contributed by atoms with Crippen LogP contribution in [-0.4, -0.2) is 11.7 Å². The first kappa shape index (κ1) is 13.4. The van der Waals surface area contributed by atoms with Crippen molar-refractivity contribution < 1.29 is 5.11 Å². The topological polar surface area (TPSA) is 46.2 Å². The fourth-order valence-corrected chi connectivity index (χ4v) is 1.87. The van der Waals surface area contributed by atoms with E-state index in [1.165, 1.54) is 16.7 Å². The summed E-state index contributed by atoms with van der Waals surface area (Å²) in [7, 11) is 0. The Morgan fingerprint density at radius 3 is 2.00 bits per heavy atom. The van der Waals surface area contributed by atoms with Crippen LogP contribution >= 0.6 is 12.4 Å². The van der Waals surface area contributed by atoms with Crippen molar-refractivity contribution in [3.8, 4) is 0 Å².